The number of benzene rings is 1. The van der Waals surface area contributed by atoms with Gasteiger partial charge in [-0.15, -0.1) is 11.8 Å². The minimum atomic E-state index is -0.749. The number of thioether (sulfide) groups is 1. The number of ether oxygens (including phenoxy) is 2. The third-order valence-corrected chi connectivity index (χ3v) is 6.08. The van der Waals surface area contributed by atoms with Crippen molar-refractivity contribution in [3.63, 3.8) is 0 Å². The molecule has 0 amide bonds. The molecule has 1 aromatic carbocycles. The summed E-state index contributed by atoms with van der Waals surface area (Å²) in [6.45, 7) is 11.5. The highest BCUT2D eigenvalue weighted by atomic mass is 32.2. The number of methoxy groups -OCH3 is 1. The van der Waals surface area contributed by atoms with Gasteiger partial charge in [0.25, 0.3) is 5.69 Å². The van der Waals surface area contributed by atoms with Crippen molar-refractivity contribution in [3.8, 4) is 17.0 Å². The second kappa shape index (κ2) is 8.56. The number of rotatable bonds is 4. The van der Waals surface area contributed by atoms with Gasteiger partial charge in [0.1, 0.15) is 17.0 Å². The van der Waals surface area contributed by atoms with Crippen molar-refractivity contribution in [1.29, 1.82) is 0 Å². The first kappa shape index (κ1) is 24.5. The fourth-order valence-electron chi connectivity index (χ4n) is 3.63. The van der Waals surface area contributed by atoms with E-state index in [0.717, 1.165) is 9.58 Å². The van der Waals surface area contributed by atoms with E-state index in [1.807, 2.05) is 16.7 Å². The van der Waals surface area contributed by atoms with E-state index in [4.69, 9.17) is 9.47 Å². The SMILES string of the molecule is COc1cc2ncc(-c3cc([N+](=O)[O-])cc4c3cnn4C(=O)OC(C)(C)C)n2cc1SC(C)(C)C. The first-order chi connectivity index (χ1) is 16.3. The molecule has 0 fully saturated rings. The Hall–Kier alpha value is -3.60. The molecule has 3 heterocycles. The molecule has 0 aliphatic rings. The Morgan fingerprint density at radius 3 is 2.43 bits per heavy atom. The lowest BCUT2D eigenvalue weighted by atomic mass is 10.1. The molecule has 184 valence electrons. The lowest BCUT2D eigenvalue weighted by molar-refractivity contribution is -0.384. The number of carbonyl (C=O) groups is 1. The molecule has 0 bridgehead atoms. The van der Waals surface area contributed by atoms with Gasteiger partial charge in [-0.1, -0.05) is 20.8 Å². The number of nitro groups is 1. The molecular weight excluding hydrogens is 470 g/mol. The number of imidazole rings is 1. The molecular formula is C24H27N5O5S. The standard InChI is InChI=1S/C24H27N5O5S/c1-23(2,3)34-22(30)28-17-9-14(29(31)32)8-15(16(17)11-26-28)18-12-25-21-10-19(33-7)20(13-27(18)21)35-24(4,5)6/h8-13H,1-7H3. The highest BCUT2D eigenvalue weighted by Crippen LogP contribution is 2.40. The number of fused-ring (bicyclic) bond motifs is 2. The summed E-state index contributed by atoms with van der Waals surface area (Å²) in [4.78, 5) is 29.4. The summed E-state index contributed by atoms with van der Waals surface area (Å²) >= 11 is 1.64. The predicted octanol–water partition coefficient (Wildman–Crippen LogP) is 5.94. The lowest BCUT2D eigenvalue weighted by Gasteiger charge is -2.20. The molecule has 11 heteroatoms. The Bertz CT molecular complexity index is 1460. The Balaban J connectivity index is 1.95. The van der Waals surface area contributed by atoms with Gasteiger partial charge in [0.2, 0.25) is 0 Å². The van der Waals surface area contributed by atoms with Crippen molar-refractivity contribution >= 4 is 40.1 Å². The van der Waals surface area contributed by atoms with Crippen LogP contribution >= 0.6 is 11.8 Å². The van der Waals surface area contributed by atoms with Crippen LogP contribution in [0.25, 0.3) is 27.8 Å². The Morgan fingerprint density at radius 2 is 1.83 bits per heavy atom. The Kier molecular flexibility index (Phi) is 6.00. The highest BCUT2D eigenvalue weighted by molar-refractivity contribution is 8.00. The number of aromatic nitrogens is 4. The largest absolute Gasteiger partial charge is 0.495 e. The van der Waals surface area contributed by atoms with E-state index in [9.17, 15) is 14.9 Å². The van der Waals surface area contributed by atoms with E-state index in [2.05, 4.69) is 30.9 Å². The number of hydrogen-bond acceptors (Lipinski definition) is 8. The van der Waals surface area contributed by atoms with E-state index in [-0.39, 0.29) is 16.0 Å². The molecule has 0 atom stereocenters. The second-order valence-corrected chi connectivity index (χ2v) is 11.9. The number of pyridine rings is 1. The molecule has 0 spiro atoms. The number of non-ortho nitro benzene ring substituents is 1. The molecule has 0 aliphatic carbocycles. The van der Waals surface area contributed by atoms with Crippen molar-refractivity contribution in [3.05, 3.63) is 46.9 Å². The fourth-order valence-corrected chi connectivity index (χ4v) is 4.69. The third-order valence-electron chi connectivity index (χ3n) is 4.94. The van der Waals surface area contributed by atoms with Crippen LogP contribution in [0.15, 0.2) is 41.7 Å². The van der Waals surface area contributed by atoms with Gasteiger partial charge in [-0.3, -0.25) is 14.5 Å². The van der Waals surface area contributed by atoms with E-state index < -0.39 is 16.6 Å². The topological polar surface area (TPSA) is 114 Å². The van der Waals surface area contributed by atoms with E-state index in [0.29, 0.717) is 28.0 Å². The van der Waals surface area contributed by atoms with Gasteiger partial charge in [-0.25, -0.2) is 9.78 Å². The highest BCUT2D eigenvalue weighted by Gasteiger charge is 2.25. The quantitative estimate of drug-likeness (QED) is 0.193. The van der Waals surface area contributed by atoms with Crippen LogP contribution in [-0.4, -0.2) is 47.6 Å². The fraction of sp³-hybridized carbons (Fsp3) is 0.375. The van der Waals surface area contributed by atoms with Crippen LogP contribution < -0.4 is 4.74 Å². The zero-order valence-electron chi connectivity index (χ0n) is 20.6. The summed E-state index contributed by atoms with van der Waals surface area (Å²) in [7, 11) is 1.61. The third kappa shape index (κ3) is 4.95. The van der Waals surface area contributed by atoms with Gasteiger partial charge in [-0.05, 0) is 20.8 Å². The normalized spacial score (nSPS) is 12.3. The summed E-state index contributed by atoms with van der Waals surface area (Å²) in [5.41, 5.74) is 1.11. The van der Waals surface area contributed by atoms with Gasteiger partial charge < -0.3 is 9.47 Å². The maximum atomic E-state index is 12.7. The van der Waals surface area contributed by atoms with Crippen molar-refractivity contribution < 1.29 is 19.2 Å². The van der Waals surface area contributed by atoms with E-state index in [1.165, 1.54) is 18.3 Å². The van der Waals surface area contributed by atoms with Crippen LogP contribution in [0, 0.1) is 10.1 Å². The number of nitro benzene ring substituents is 1. The summed E-state index contributed by atoms with van der Waals surface area (Å²) in [5, 5.41) is 16.5. The summed E-state index contributed by atoms with van der Waals surface area (Å²) < 4.78 is 13.8. The monoisotopic (exact) mass is 497 g/mol. The van der Waals surface area contributed by atoms with E-state index >= 15 is 0 Å². The van der Waals surface area contributed by atoms with Crippen LogP contribution in [0.5, 0.6) is 5.75 Å². The zero-order valence-corrected chi connectivity index (χ0v) is 21.5. The molecule has 0 saturated carbocycles. The predicted molar refractivity (Wildman–Crippen MR) is 134 cm³/mol. The second-order valence-electron chi connectivity index (χ2n) is 10.0. The average Bonchev–Trinajstić information content (AvgIpc) is 3.33. The molecule has 35 heavy (non-hydrogen) atoms. The van der Waals surface area contributed by atoms with Crippen LogP contribution in [0.3, 0.4) is 0 Å². The molecule has 4 aromatic rings. The van der Waals surface area contributed by atoms with Crippen LogP contribution in [-0.2, 0) is 4.74 Å². The first-order valence-electron chi connectivity index (χ1n) is 10.9. The van der Waals surface area contributed by atoms with Gasteiger partial charge in [0, 0.05) is 40.1 Å². The minimum Gasteiger partial charge on any atom is -0.495 e. The lowest BCUT2D eigenvalue weighted by Crippen LogP contribution is -2.27. The molecule has 0 aliphatic heterocycles. The van der Waals surface area contributed by atoms with Crippen molar-refractivity contribution in [2.24, 2.45) is 0 Å². The summed E-state index contributed by atoms with van der Waals surface area (Å²) in [6, 6.07) is 4.62. The number of hydrogen-bond donors (Lipinski definition) is 0. The van der Waals surface area contributed by atoms with Gasteiger partial charge in [0.05, 0.1) is 40.5 Å². The maximum absolute atomic E-state index is 12.7. The molecule has 0 N–H and O–H groups in total. The summed E-state index contributed by atoms with van der Waals surface area (Å²) in [5.74, 6) is 0.691. The van der Waals surface area contributed by atoms with Crippen molar-refractivity contribution in [1.82, 2.24) is 19.2 Å². The minimum absolute atomic E-state index is 0.0743. The molecule has 0 radical (unpaired) electrons. The summed E-state index contributed by atoms with van der Waals surface area (Å²) in [6.07, 6.45) is 4.34. The van der Waals surface area contributed by atoms with Crippen LogP contribution in [0.4, 0.5) is 10.5 Å². The Morgan fingerprint density at radius 1 is 1.11 bits per heavy atom. The molecule has 3 aromatic heterocycles. The molecule has 0 unspecified atom stereocenters. The molecule has 10 nitrogen and oxygen atoms in total. The average molecular weight is 498 g/mol. The number of nitrogens with zero attached hydrogens (tertiary/aromatic N) is 5. The van der Waals surface area contributed by atoms with Crippen LogP contribution in [0.1, 0.15) is 41.5 Å². The molecule has 0 saturated heterocycles. The van der Waals surface area contributed by atoms with E-state index in [1.54, 1.807) is 45.8 Å². The van der Waals surface area contributed by atoms with Crippen molar-refractivity contribution in [2.75, 3.05) is 7.11 Å². The maximum Gasteiger partial charge on any atom is 0.435 e. The smallest absolute Gasteiger partial charge is 0.435 e. The van der Waals surface area contributed by atoms with Gasteiger partial charge in [0.15, 0.2) is 0 Å². The first-order valence-corrected chi connectivity index (χ1v) is 11.7. The van der Waals surface area contributed by atoms with Crippen LogP contribution in [0.2, 0.25) is 0 Å². The van der Waals surface area contributed by atoms with Gasteiger partial charge >= 0.3 is 6.09 Å². The zero-order chi connectivity index (χ0) is 25.7. The Labute approximate surface area is 206 Å². The molecule has 4 rings (SSSR count). The number of carbonyl (C=O) groups excluding carboxylic acids is 1. The van der Waals surface area contributed by atoms with Gasteiger partial charge in [-0.2, -0.15) is 9.78 Å². The van der Waals surface area contributed by atoms with Crippen molar-refractivity contribution in [2.45, 2.75) is 56.8 Å².